The number of hydrogen-bond donors (Lipinski definition) is 0. The van der Waals surface area contributed by atoms with Crippen molar-refractivity contribution in [3.05, 3.63) is 61.7 Å². The average molecular weight is 300 g/mol. The molecule has 100 valence electrons. The lowest BCUT2D eigenvalue weighted by Crippen LogP contribution is -1.87. The molecule has 2 rings (SSSR count). The summed E-state index contributed by atoms with van der Waals surface area (Å²) >= 11 is 2.29. The molecule has 0 aliphatic rings. The molecule has 4 heteroatoms. The molecule has 0 spiro atoms. The molecule has 20 heavy (non-hydrogen) atoms. The molecule has 2 aromatic rings. The van der Waals surface area contributed by atoms with Crippen LogP contribution in [0.1, 0.15) is 0 Å². The molecule has 0 N–H and O–H groups in total. The van der Waals surface area contributed by atoms with Gasteiger partial charge >= 0.3 is 0 Å². The number of hydrogen-bond acceptors (Lipinski definition) is 4. The van der Waals surface area contributed by atoms with Crippen molar-refractivity contribution in [2.45, 2.75) is 9.79 Å². The molecule has 0 amide bonds. The van der Waals surface area contributed by atoms with Crippen LogP contribution in [0.5, 0.6) is 0 Å². The normalized spacial score (nSPS) is 10.2. The van der Waals surface area contributed by atoms with Crippen LogP contribution in [-0.2, 0) is 9.59 Å². The van der Waals surface area contributed by atoms with E-state index in [4.69, 9.17) is 0 Å². The first-order valence-electron chi connectivity index (χ1n) is 5.85. The first kappa shape index (κ1) is 14.6. The topological polar surface area (TPSA) is 34.1 Å². The van der Waals surface area contributed by atoms with E-state index in [1.54, 1.807) is 0 Å². The van der Waals surface area contributed by atoms with E-state index in [-0.39, 0.29) is 10.2 Å². The van der Waals surface area contributed by atoms with Crippen LogP contribution in [0.2, 0.25) is 0 Å². The van der Waals surface area contributed by atoms with Crippen LogP contribution in [0.3, 0.4) is 0 Å². The minimum Gasteiger partial charge on any atom is -0.282 e. The van der Waals surface area contributed by atoms with Crippen LogP contribution in [0.25, 0.3) is 10.8 Å². The number of thioether (sulfide) groups is 2. The molecule has 0 saturated heterocycles. The third-order valence-electron chi connectivity index (χ3n) is 2.57. The van der Waals surface area contributed by atoms with Gasteiger partial charge in [0.25, 0.3) is 0 Å². The zero-order valence-corrected chi connectivity index (χ0v) is 12.3. The summed E-state index contributed by atoms with van der Waals surface area (Å²) in [6.45, 7) is 6.93. The molecule has 0 radical (unpaired) electrons. The Kier molecular flexibility index (Phi) is 4.82. The monoisotopic (exact) mass is 300 g/mol. The fourth-order valence-electron chi connectivity index (χ4n) is 1.69. The third-order valence-corrected chi connectivity index (χ3v) is 4.38. The summed E-state index contributed by atoms with van der Waals surface area (Å²) in [6, 6.07) is 11.5. The predicted octanol–water partition coefficient (Wildman–Crippen LogP) is 4.45. The highest BCUT2D eigenvalue weighted by atomic mass is 32.2. The van der Waals surface area contributed by atoms with Crippen molar-refractivity contribution in [2.75, 3.05) is 0 Å². The van der Waals surface area contributed by atoms with Crippen molar-refractivity contribution in [2.24, 2.45) is 0 Å². The minimum atomic E-state index is -0.0864. The van der Waals surface area contributed by atoms with Gasteiger partial charge < -0.3 is 0 Å². The standard InChI is InChI=1S/C16H12O2S2/c1-3-15(17)19-12-8-9-13-11(10-12)6-5-7-14(13)20-16(18)4-2/h3-10H,1-2H2. The second-order valence-corrected chi connectivity index (χ2v) is 6.01. The van der Waals surface area contributed by atoms with Gasteiger partial charge in [0, 0.05) is 9.79 Å². The Morgan fingerprint density at radius 2 is 1.65 bits per heavy atom. The summed E-state index contributed by atoms with van der Waals surface area (Å²) in [5, 5.41) is 1.81. The Morgan fingerprint density at radius 3 is 2.35 bits per heavy atom. The van der Waals surface area contributed by atoms with E-state index in [2.05, 4.69) is 13.2 Å². The molecular weight excluding hydrogens is 288 g/mol. The maximum absolute atomic E-state index is 11.5. The molecule has 0 unspecified atom stereocenters. The van der Waals surface area contributed by atoms with Gasteiger partial charge in [-0.05, 0) is 64.6 Å². The van der Waals surface area contributed by atoms with E-state index in [1.807, 2.05) is 36.4 Å². The van der Waals surface area contributed by atoms with Crippen molar-refractivity contribution in [1.29, 1.82) is 0 Å². The van der Waals surface area contributed by atoms with Crippen molar-refractivity contribution >= 4 is 44.5 Å². The van der Waals surface area contributed by atoms with Crippen LogP contribution in [0.15, 0.2) is 71.5 Å². The minimum absolute atomic E-state index is 0.0854. The molecule has 2 nitrogen and oxygen atoms in total. The molecule has 0 saturated carbocycles. The fraction of sp³-hybridized carbons (Fsp3) is 0. The quantitative estimate of drug-likeness (QED) is 0.617. The zero-order chi connectivity index (χ0) is 14.5. The summed E-state index contributed by atoms with van der Waals surface area (Å²) in [6.07, 6.45) is 2.60. The number of rotatable bonds is 4. The van der Waals surface area contributed by atoms with Gasteiger partial charge in [-0.3, -0.25) is 9.59 Å². The van der Waals surface area contributed by atoms with E-state index in [0.717, 1.165) is 44.1 Å². The van der Waals surface area contributed by atoms with Crippen LogP contribution < -0.4 is 0 Å². The Labute approximate surface area is 125 Å². The van der Waals surface area contributed by atoms with E-state index >= 15 is 0 Å². The molecule has 0 bridgehead atoms. The summed E-state index contributed by atoms with van der Waals surface area (Å²) < 4.78 is 0. The highest BCUT2D eigenvalue weighted by Gasteiger charge is 2.07. The van der Waals surface area contributed by atoms with Gasteiger partial charge in [0.15, 0.2) is 0 Å². The molecular formula is C16H12O2S2. The van der Waals surface area contributed by atoms with E-state index in [0.29, 0.717) is 0 Å². The summed E-state index contributed by atoms with van der Waals surface area (Å²) in [5.74, 6) is 0. The fourth-order valence-corrected chi connectivity index (χ4v) is 3.07. The first-order valence-corrected chi connectivity index (χ1v) is 7.48. The van der Waals surface area contributed by atoms with Crippen LogP contribution in [-0.4, -0.2) is 10.2 Å². The smallest absolute Gasteiger partial charge is 0.216 e. The third kappa shape index (κ3) is 3.40. The van der Waals surface area contributed by atoms with E-state index < -0.39 is 0 Å². The number of carbonyl (C=O) groups is 2. The second-order valence-electron chi connectivity index (χ2n) is 3.89. The Bertz CT molecular complexity index is 705. The van der Waals surface area contributed by atoms with E-state index in [1.165, 1.54) is 12.2 Å². The Balaban J connectivity index is 2.39. The van der Waals surface area contributed by atoms with Crippen LogP contribution in [0.4, 0.5) is 0 Å². The van der Waals surface area contributed by atoms with Gasteiger partial charge in [-0.1, -0.05) is 31.4 Å². The highest BCUT2D eigenvalue weighted by Crippen LogP contribution is 2.31. The number of carbonyl (C=O) groups excluding carboxylic acids is 2. The number of benzene rings is 2. The van der Waals surface area contributed by atoms with Crippen LogP contribution in [0, 0.1) is 0 Å². The molecule has 0 aliphatic carbocycles. The van der Waals surface area contributed by atoms with Gasteiger partial charge in [0.05, 0.1) is 0 Å². The Morgan fingerprint density at radius 1 is 0.950 bits per heavy atom. The Hall–Kier alpha value is -1.78. The molecule has 0 atom stereocenters. The lowest BCUT2D eigenvalue weighted by atomic mass is 10.1. The lowest BCUT2D eigenvalue weighted by molar-refractivity contribution is -0.107. The predicted molar refractivity (Wildman–Crippen MR) is 86.1 cm³/mol. The maximum Gasteiger partial charge on any atom is 0.216 e. The zero-order valence-electron chi connectivity index (χ0n) is 10.7. The van der Waals surface area contributed by atoms with Crippen molar-refractivity contribution < 1.29 is 9.59 Å². The molecule has 0 aliphatic heterocycles. The van der Waals surface area contributed by atoms with Gasteiger partial charge in [-0.15, -0.1) is 0 Å². The molecule has 0 fully saturated rings. The van der Waals surface area contributed by atoms with E-state index in [9.17, 15) is 9.59 Å². The van der Waals surface area contributed by atoms with Gasteiger partial charge in [-0.25, -0.2) is 0 Å². The summed E-state index contributed by atoms with van der Waals surface area (Å²) in [4.78, 5) is 24.6. The highest BCUT2D eigenvalue weighted by molar-refractivity contribution is 8.14. The SMILES string of the molecule is C=CC(=O)Sc1ccc2c(SC(=O)C=C)cccc2c1. The average Bonchev–Trinajstić information content (AvgIpc) is 2.47. The summed E-state index contributed by atoms with van der Waals surface area (Å²) in [7, 11) is 0. The van der Waals surface area contributed by atoms with Crippen molar-refractivity contribution in [3.63, 3.8) is 0 Å². The van der Waals surface area contributed by atoms with Crippen molar-refractivity contribution in [3.8, 4) is 0 Å². The van der Waals surface area contributed by atoms with Gasteiger partial charge in [0.1, 0.15) is 0 Å². The molecule has 0 heterocycles. The second kappa shape index (κ2) is 6.59. The summed E-state index contributed by atoms with van der Waals surface area (Å²) in [5.41, 5.74) is 0. The number of fused-ring (bicyclic) bond motifs is 1. The lowest BCUT2D eigenvalue weighted by Gasteiger charge is -2.06. The van der Waals surface area contributed by atoms with Gasteiger partial charge in [-0.2, -0.15) is 0 Å². The maximum atomic E-state index is 11.5. The first-order chi connectivity index (χ1) is 9.63. The van der Waals surface area contributed by atoms with Crippen LogP contribution >= 0.6 is 23.5 Å². The van der Waals surface area contributed by atoms with Crippen molar-refractivity contribution in [1.82, 2.24) is 0 Å². The molecule has 0 aromatic heterocycles. The van der Waals surface area contributed by atoms with Gasteiger partial charge in [0.2, 0.25) is 10.2 Å². The largest absolute Gasteiger partial charge is 0.282 e. The molecule has 2 aromatic carbocycles.